The van der Waals surface area contributed by atoms with Crippen LogP contribution in [0.2, 0.25) is 0 Å². The minimum absolute atomic E-state index is 0.169. The molecule has 2 aromatic rings. The van der Waals surface area contributed by atoms with Crippen LogP contribution in [0.3, 0.4) is 0 Å². The number of aromatic nitrogens is 1. The molecule has 20 heavy (non-hydrogen) atoms. The van der Waals surface area contributed by atoms with E-state index in [0.717, 1.165) is 12.0 Å². The molecule has 1 heterocycles. The van der Waals surface area contributed by atoms with Gasteiger partial charge in [0.15, 0.2) is 23.1 Å². The molecule has 0 unspecified atom stereocenters. The molecule has 0 radical (unpaired) electrons. The van der Waals surface area contributed by atoms with E-state index in [1.807, 2.05) is 6.92 Å². The summed E-state index contributed by atoms with van der Waals surface area (Å²) in [5.74, 6) is -4.01. The van der Waals surface area contributed by atoms with Gasteiger partial charge in [0.05, 0.1) is 7.11 Å². The molecule has 6 heteroatoms. The number of ether oxygens (including phenoxy) is 2. The SMILES string of the molecule is CCc1ccc(Oc2nc(F)c(F)cc2F)c(OC)c1. The van der Waals surface area contributed by atoms with Crippen LogP contribution >= 0.6 is 0 Å². The van der Waals surface area contributed by atoms with Crippen molar-refractivity contribution < 1.29 is 22.6 Å². The molecule has 1 aromatic carbocycles. The Labute approximate surface area is 114 Å². The van der Waals surface area contributed by atoms with E-state index < -0.39 is 23.5 Å². The number of methoxy groups -OCH3 is 1. The van der Waals surface area contributed by atoms with Gasteiger partial charge in [-0.1, -0.05) is 13.0 Å². The summed E-state index contributed by atoms with van der Waals surface area (Å²) in [6.45, 7) is 1.96. The zero-order valence-corrected chi connectivity index (χ0v) is 10.9. The van der Waals surface area contributed by atoms with Crippen LogP contribution in [0, 0.1) is 17.6 Å². The zero-order valence-electron chi connectivity index (χ0n) is 10.9. The van der Waals surface area contributed by atoms with Gasteiger partial charge >= 0.3 is 0 Å². The van der Waals surface area contributed by atoms with E-state index >= 15 is 0 Å². The summed E-state index contributed by atoms with van der Waals surface area (Å²) in [6, 6.07) is 5.41. The highest BCUT2D eigenvalue weighted by Crippen LogP contribution is 2.33. The predicted octanol–water partition coefficient (Wildman–Crippen LogP) is 3.86. The van der Waals surface area contributed by atoms with Crippen LogP contribution in [-0.4, -0.2) is 12.1 Å². The number of hydrogen-bond acceptors (Lipinski definition) is 3. The Hall–Kier alpha value is -2.24. The average molecular weight is 283 g/mol. The van der Waals surface area contributed by atoms with Crippen LogP contribution in [0.4, 0.5) is 13.2 Å². The third kappa shape index (κ3) is 2.84. The molecule has 106 valence electrons. The average Bonchev–Trinajstić information content (AvgIpc) is 2.45. The molecule has 0 spiro atoms. The van der Waals surface area contributed by atoms with E-state index in [1.165, 1.54) is 7.11 Å². The molecule has 0 fully saturated rings. The van der Waals surface area contributed by atoms with Gasteiger partial charge in [-0.25, -0.2) is 8.78 Å². The van der Waals surface area contributed by atoms with Crippen molar-refractivity contribution in [3.63, 3.8) is 0 Å². The minimum Gasteiger partial charge on any atom is -0.493 e. The second-order valence-electron chi connectivity index (χ2n) is 3.99. The van der Waals surface area contributed by atoms with Crippen LogP contribution in [0.15, 0.2) is 24.3 Å². The van der Waals surface area contributed by atoms with Crippen molar-refractivity contribution >= 4 is 0 Å². The van der Waals surface area contributed by atoms with Gasteiger partial charge in [-0.15, -0.1) is 0 Å². The van der Waals surface area contributed by atoms with Gasteiger partial charge in [0, 0.05) is 6.07 Å². The number of halogens is 3. The second-order valence-corrected chi connectivity index (χ2v) is 3.99. The fraction of sp³-hybridized carbons (Fsp3) is 0.214. The van der Waals surface area contributed by atoms with E-state index in [0.29, 0.717) is 11.8 Å². The Morgan fingerprint density at radius 3 is 2.45 bits per heavy atom. The first kappa shape index (κ1) is 14.2. The van der Waals surface area contributed by atoms with Crippen LogP contribution in [0.25, 0.3) is 0 Å². The van der Waals surface area contributed by atoms with Gasteiger partial charge in [0.2, 0.25) is 0 Å². The normalized spacial score (nSPS) is 10.4. The molecule has 0 amide bonds. The van der Waals surface area contributed by atoms with Crippen molar-refractivity contribution in [2.75, 3.05) is 7.11 Å². The maximum absolute atomic E-state index is 13.5. The second kappa shape index (κ2) is 5.81. The quantitative estimate of drug-likeness (QED) is 0.798. The monoisotopic (exact) mass is 283 g/mol. The molecule has 0 aliphatic rings. The van der Waals surface area contributed by atoms with Crippen LogP contribution in [-0.2, 0) is 6.42 Å². The van der Waals surface area contributed by atoms with Gasteiger partial charge in [-0.2, -0.15) is 9.37 Å². The summed E-state index contributed by atoms with van der Waals surface area (Å²) < 4.78 is 49.5. The number of nitrogens with zero attached hydrogens (tertiary/aromatic N) is 1. The van der Waals surface area contributed by atoms with Gasteiger partial charge in [0.25, 0.3) is 11.8 Å². The highest BCUT2D eigenvalue weighted by molar-refractivity contribution is 5.44. The van der Waals surface area contributed by atoms with Crippen molar-refractivity contribution in [3.05, 3.63) is 47.4 Å². The summed E-state index contributed by atoms with van der Waals surface area (Å²) in [5.41, 5.74) is 0.993. The molecule has 0 N–H and O–H groups in total. The Bertz CT molecular complexity index is 632. The van der Waals surface area contributed by atoms with Crippen molar-refractivity contribution in [2.45, 2.75) is 13.3 Å². The lowest BCUT2D eigenvalue weighted by Crippen LogP contribution is -1.99. The summed E-state index contributed by atoms with van der Waals surface area (Å²) >= 11 is 0. The van der Waals surface area contributed by atoms with E-state index in [4.69, 9.17) is 9.47 Å². The first-order chi connectivity index (χ1) is 9.55. The summed E-state index contributed by atoms with van der Waals surface area (Å²) in [6.07, 6.45) is 0.786. The molecule has 0 aliphatic heterocycles. The molecule has 0 atom stereocenters. The van der Waals surface area contributed by atoms with Crippen molar-refractivity contribution in [2.24, 2.45) is 0 Å². The number of rotatable bonds is 4. The van der Waals surface area contributed by atoms with E-state index in [1.54, 1.807) is 18.2 Å². The molecule has 0 bridgehead atoms. The highest BCUT2D eigenvalue weighted by Gasteiger charge is 2.15. The molecule has 3 nitrogen and oxygen atoms in total. The fourth-order valence-corrected chi connectivity index (χ4v) is 1.62. The summed E-state index contributed by atoms with van der Waals surface area (Å²) in [7, 11) is 1.43. The standard InChI is InChI=1S/C14H12F3NO2/c1-3-8-4-5-11(12(6-8)19-2)20-14-10(16)7-9(15)13(17)18-14/h4-7H,3H2,1-2H3. The third-order valence-electron chi connectivity index (χ3n) is 2.70. The molecular weight excluding hydrogens is 271 g/mol. The largest absolute Gasteiger partial charge is 0.493 e. The topological polar surface area (TPSA) is 31.4 Å². The first-order valence-corrected chi connectivity index (χ1v) is 5.91. The van der Waals surface area contributed by atoms with Gasteiger partial charge in [-0.05, 0) is 24.1 Å². The Morgan fingerprint density at radius 2 is 1.80 bits per heavy atom. The lowest BCUT2D eigenvalue weighted by atomic mass is 10.1. The molecule has 2 rings (SSSR count). The first-order valence-electron chi connectivity index (χ1n) is 5.91. The fourth-order valence-electron chi connectivity index (χ4n) is 1.62. The Kier molecular flexibility index (Phi) is 4.12. The van der Waals surface area contributed by atoms with Crippen LogP contribution in [0.1, 0.15) is 12.5 Å². The van der Waals surface area contributed by atoms with E-state index in [9.17, 15) is 13.2 Å². The number of aryl methyl sites for hydroxylation is 1. The molecule has 0 saturated heterocycles. The predicted molar refractivity (Wildman–Crippen MR) is 66.6 cm³/mol. The Morgan fingerprint density at radius 1 is 1.05 bits per heavy atom. The zero-order chi connectivity index (χ0) is 14.7. The van der Waals surface area contributed by atoms with Crippen LogP contribution in [0.5, 0.6) is 17.4 Å². The Balaban J connectivity index is 2.37. The van der Waals surface area contributed by atoms with Gasteiger partial charge in [0.1, 0.15) is 0 Å². The van der Waals surface area contributed by atoms with Crippen molar-refractivity contribution in [3.8, 4) is 17.4 Å². The highest BCUT2D eigenvalue weighted by atomic mass is 19.2. The number of pyridine rings is 1. The molecule has 1 aromatic heterocycles. The lowest BCUT2D eigenvalue weighted by molar-refractivity contribution is 0.352. The smallest absolute Gasteiger partial charge is 0.258 e. The number of hydrogen-bond donors (Lipinski definition) is 0. The van der Waals surface area contributed by atoms with Gasteiger partial charge < -0.3 is 9.47 Å². The van der Waals surface area contributed by atoms with Crippen molar-refractivity contribution in [1.82, 2.24) is 4.98 Å². The van der Waals surface area contributed by atoms with E-state index in [2.05, 4.69) is 4.98 Å². The summed E-state index contributed by atoms with van der Waals surface area (Å²) in [5, 5.41) is 0. The number of benzene rings is 1. The summed E-state index contributed by atoms with van der Waals surface area (Å²) in [4.78, 5) is 3.09. The molecule has 0 saturated carbocycles. The third-order valence-corrected chi connectivity index (χ3v) is 2.70. The van der Waals surface area contributed by atoms with Crippen molar-refractivity contribution in [1.29, 1.82) is 0 Å². The molecular formula is C14H12F3NO2. The molecule has 0 aliphatic carbocycles. The maximum Gasteiger partial charge on any atom is 0.258 e. The van der Waals surface area contributed by atoms with Gasteiger partial charge in [-0.3, -0.25) is 0 Å². The van der Waals surface area contributed by atoms with E-state index in [-0.39, 0.29) is 5.75 Å². The lowest BCUT2D eigenvalue weighted by Gasteiger charge is -2.11. The van der Waals surface area contributed by atoms with Crippen LogP contribution < -0.4 is 9.47 Å². The maximum atomic E-state index is 13.5. The minimum atomic E-state index is -1.43.